The number of ether oxygens (including phenoxy) is 5. The number of oxime groups is 3. The number of hydrogen-bond acceptors (Lipinski definition) is 17. The van der Waals surface area contributed by atoms with E-state index >= 15 is 0 Å². The Morgan fingerprint density at radius 2 is 1.04 bits per heavy atom. The predicted molar refractivity (Wildman–Crippen MR) is 392 cm³/mol. The van der Waals surface area contributed by atoms with Crippen molar-refractivity contribution in [2.45, 2.75) is 269 Å². The Kier molecular flexibility index (Phi) is 31.0. The predicted octanol–water partition coefficient (Wildman–Crippen LogP) is 14.4. The number of nitrogens with zero attached hydrogens (tertiary/aromatic N) is 5. The fourth-order valence-corrected chi connectivity index (χ4v) is 13.9. The number of nitrogens with one attached hydrogen (secondary N) is 2. The summed E-state index contributed by atoms with van der Waals surface area (Å²) < 4.78 is 27.4. The van der Waals surface area contributed by atoms with Crippen LogP contribution in [0.3, 0.4) is 0 Å². The van der Waals surface area contributed by atoms with E-state index < -0.39 is 52.5 Å². The minimum absolute atomic E-state index is 0.0647. The maximum absolute atomic E-state index is 14.2. The molecule has 0 radical (unpaired) electrons. The van der Waals surface area contributed by atoms with Gasteiger partial charge in [-0.05, 0) is 207 Å². The van der Waals surface area contributed by atoms with Crippen LogP contribution in [0.15, 0.2) is 64.0 Å². The second kappa shape index (κ2) is 37.3. The van der Waals surface area contributed by atoms with Crippen molar-refractivity contribution in [3.05, 3.63) is 98.6 Å². The highest BCUT2D eigenvalue weighted by atomic mass is 35.5. The van der Waals surface area contributed by atoms with Crippen molar-refractivity contribution in [2.24, 2.45) is 38.1 Å². The Morgan fingerprint density at radius 1 is 0.640 bits per heavy atom. The van der Waals surface area contributed by atoms with Gasteiger partial charge < -0.3 is 59.4 Å². The zero-order valence-corrected chi connectivity index (χ0v) is 64.1. The van der Waals surface area contributed by atoms with Gasteiger partial charge >= 0.3 is 11.9 Å². The molecule has 2 saturated heterocycles. The number of carbonyl (C=O) groups excluding carboxylic acids is 6. The van der Waals surface area contributed by atoms with Crippen LogP contribution in [0.1, 0.15) is 229 Å². The molecule has 554 valence electrons. The summed E-state index contributed by atoms with van der Waals surface area (Å²) in [5, 5.41) is 33.6. The normalized spacial score (nSPS) is 19.5. The van der Waals surface area contributed by atoms with E-state index in [4.69, 9.17) is 50.5 Å². The molecule has 3 heterocycles. The topological polar surface area (TPSA) is 266 Å². The SMILES string of the molecule is C=C1C[C@@H](C(=O)OC)N(C(=O)[C@@H](NC(=O)CC2CCCCC2)C(C)(C)C)C1.COC(=O)[C@@H]1C[C@]2(CC(c3cc(C)c(OC(C)C)c(C)c3)=NO2)CN1C(=O)[C@@H](NC(=O)CC1CCCCC1)C(C)(C)C.Cc1cc(C(Cl)=NO)cc(C)c1OC(C)C.Cc1cc(C=NO)cc(C)c1OC(C)C. The molecule has 3 aromatic carbocycles. The van der Waals surface area contributed by atoms with Gasteiger partial charge in [0, 0.05) is 49.8 Å². The second-order valence-corrected chi connectivity index (χ2v) is 31.2. The summed E-state index contributed by atoms with van der Waals surface area (Å²) in [6.45, 7) is 39.8. The Labute approximate surface area is 599 Å². The molecule has 4 fully saturated rings. The van der Waals surface area contributed by atoms with E-state index in [9.17, 15) is 28.8 Å². The van der Waals surface area contributed by atoms with Gasteiger partial charge in [0.15, 0.2) is 10.8 Å². The molecule has 0 unspecified atom stereocenters. The lowest BCUT2D eigenvalue weighted by Crippen LogP contribution is -2.57. The molecule has 3 aromatic rings. The number of amides is 4. The van der Waals surface area contributed by atoms with Crippen LogP contribution in [0.2, 0.25) is 0 Å². The van der Waals surface area contributed by atoms with Crippen LogP contribution < -0.4 is 24.8 Å². The zero-order chi connectivity index (χ0) is 74.7. The number of likely N-dealkylation sites (tertiary alicyclic amines) is 2. The molecule has 4 amide bonds. The van der Waals surface area contributed by atoms with E-state index in [0.29, 0.717) is 49.6 Å². The van der Waals surface area contributed by atoms with Gasteiger partial charge in [-0.2, -0.15) is 0 Å². The number of esters is 2. The molecule has 100 heavy (non-hydrogen) atoms. The van der Waals surface area contributed by atoms with E-state index in [1.54, 1.807) is 0 Å². The summed E-state index contributed by atoms with van der Waals surface area (Å²) in [4.78, 5) is 87.3. The van der Waals surface area contributed by atoms with Gasteiger partial charge in [0.2, 0.25) is 23.6 Å². The monoisotopic (exact) mass is 1410 g/mol. The average molecular weight is 1410 g/mol. The van der Waals surface area contributed by atoms with Gasteiger partial charge in [0.05, 0.1) is 51.0 Å². The van der Waals surface area contributed by atoms with Gasteiger partial charge in [-0.1, -0.05) is 119 Å². The number of methoxy groups -OCH3 is 2. The van der Waals surface area contributed by atoms with E-state index in [1.165, 1.54) is 55.9 Å². The highest BCUT2D eigenvalue weighted by Crippen LogP contribution is 2.42. The first kappa shape index (κ1) is 83.0. The lowest BCUT2D eigenvalue weighted by Gasteiger charge is -2.35. The van der Waals surface area contributed by atoms with E-state index in [0.717, 1.165) is 112 Å². The van der Waals surface area contributed by atoms with Crippen molar-refractivity contribution in [3.63, 3.8) is 0 Å². The Bertz CT molecular complexity index is 3360. The van der Waals surface area contributed by atoms with Crippen LogP contribution in [-0.2, 0) is 43.1 Å². The van der Waals surface area contributed by atoms with Crippen molar-refractivity contribution >= 4 is 64.3 Å². The Balaban J connectivity index is 0.000000265. The molecule has 1 spiro atoms. The maximum Gasteiger partial charge on any atom is 0.328 e. The van der Waals surface area contributed by atoms with Crippen molar-refractivity contribution in [1.29, 1.82) is 0 Å². The van der Waals surface area contributed by atoms with E-state index in [2.05, 4.69) is 32.7 Å². The molecule has 2 saturated carbocycles. The highest BCUT2D eigenvalue weighted by Gasteiger charge is 2.56. The summed E-state index contributed by atoms with van der Waals surface area (Å²) in [6.07, 6.45) is 15.2. The first-order valence-corrected chi connectivity index (χ1v) is 35.9. The smallest absolute Gasteiger partial charge is 0.328 e. The molecule has 21 nitrogen and oxygen atoms in total. The fraction of sp³-hybridized carbons (Fsp3) is 0.628. The van der Waals surface area contributed by atoms with Gasteiger partial charge in [0.1, 0.15) is 41.4 Å². The molecule has 4 N–H and O–H groups in total. The largest absolute Gasteiger partial charge is 0.490 e. The van der Waals surface area contributed by atoms with Gasteiger partial charge in [-0.25, -0.2) is 9.59 Å². The number of halogens is 1. The summed E-state index contributed by atoms with van der Waals surface area (Å²) in [5.41, 5.74) is 8.28. The third kappa shape index (κ3) is 23.7. The minimum Gasteiger partial charge on any atom is -0.490 e. The van der Waals surface area contributed by atoms with Crippen molar-refractivity contribution in [3.8, 4) is 17.2 Å². The van der Waals surface area contributed by atoms with Crippen molar-refractivity contribution < 1.29 is 67.7 Å². The van der Waals surface area contributed by atoms with Crippen LogP contribution in [0.25, 0.3) is 0 Å². The standard InChI is InChI=1S/C33H49N3O6.C21H34N2O4.C12H16ClNO2.C12H17NO2/c1-20(2)41-28-21(3)14-24(15-22(28)4)25-17-33(42-35-25)18-26(31(39)40-8)36(19-33)30(38)29(32(5,6)7)34-27(37)16-23-12-10-9-11-13-23;1-14-11-16(20(26)27-5)23(13-14)19(25)18(21(2,3)4)22-17(24)12-15-9-7-6-8-10-15;1-7(2)16-11-8(3)5-10(6-9(11)4)12(13)14-15;1-8(2)15-12-9(3)5-11(7-13-14)6-10(12)4/h14-15,20,23,26,29H,9-13,16-19H2,1-8H3,(H,34,37);15-16,18H,1,6-13H2,2-5H3,(H,22,24);5-7,15H,1-4H3;5-8,14H,1-4H3/t26-,29+,33+;16-,18+;;/m00../s1. The fourth-order valence-electron chi connectivity index (χ4n) is 13.8. The number of carbonyl (C=O) groups is 6. The molecule has 8 rings (SSSR count). The maximum atomic E-state index is 14.2. The van der Waals surface area contributed by atoms with Crippen LogP contribution in [0.5, 0.6) is 17.2 Å². The summed E-state index contributed by atoms with van der Waals surface area (Å²) in [6, 6.07) is 8.66. The van der Waals surface area contributed by atoms with Gasteiger partial charge in [0.25, 0.3) is 0 Å². The number of benzene rings is 3. The molecule has 0 bridgehead atoms. The van der Waals surface area contributed by atoms with Crippen LogP contribution in [0.4, 0.5) is 0 Å². The number of rotatable bonds is 19. The van der Waals surface area contributed by atoms with Crippen LogP contribution >= 0.6 is 11.6 Å². The van der Waals surface area contributed by atoms with Crippen molar-refractivity contribution in [2.75, 3.05) is 27.3 Å². The van der Waals surface area contributed by atoms with Gasteiger partial charge in [-0.15, -0.1) is 0 Å². The van der Waals surface area contributed by atoms with Crippen molar-refractivity contribution in [1.82, 2.24) is 20.4 Å². The number of aryl methyl sites for hydroxylation is 6. The first-order valence-electron chi connectivity index (χ1n) is 35.5. The van der Waals surface area contributed by atoms with Crippen LogP contribution in [0, 0.1) is 64.2 Å². The summed E-state index contributed by atoms with van der Waals surface area (Å²) in [7, 11) is 2.65. The molecule has 5 atom stereocenters. The average Bonchev–Trinajstić information content (AvgIpc) is 1.61. The molecule has 22 heteroatoms. The third-order valence-electron chi connectivity index (χ3n) is 18.6. The lowest BCUT2D eigenvalue weighted by atomic mass is 9.84. The Morgan fingerprint density at radius 3 is 1.43 bits per heavy atom. The second-order valence-electron chi connectivity index (χ2n) is 30.8. The zero-order valence-electron chi connectivity index (χ0n) is 63.4. The Hall–Kier alpha value is -7.68. The number of hydrogen-bond donors (Lipinski definition) is 4. The lowest BCUT2D eigenvalue weighted by molar-refractivity contribution is -0.153. The molecule has 2 aliphatic carbocycles. The molecular weight excluding hydrogens is 1290 g/mol. The summed E-state index contributed by atoms with van der Waals surface area (Å²) >= 11 is 5.75. The first-order chi connectivity index (χ1) is 46.8. The third-order valence-corrected chi connectivity index (χ3v) is 18.9. The van der Waals surface area contributed by atoms with Crippen LogP contribution in [-0.4, -0.2) is 148 Å². The van der Waals surface area contributed by atoms with Gasteiger partial charge in [-0.3, -0.25) is 19.2 Å². The minimum atomic E-state index is -0.854. The molecule has 0 aromatic heterocycles. The quantitative estimate of drug-likeness (QED) is 0.0286. The molecule has 3 aliphatic heterocycles. The summed E-state index contributed by atoms with van der Waals surface area (Å²) in [5.74, 6) is 1.73. The van der Waals surface area contributed by atoms with E-state index in [-0.39, 0.29) is 60.1 Å². The molecular formula is C78H116ClN7O14. The van der Waals surface area contributed by atoms with E-state index in [1.807, 2.05) is 161 Å². The highest BCUT2D eigenvalue weighted by molar-refractivity contribution is 6.69. The molecule has 5 aliphatic rings.